The zero-order chi connectivity index (χ0) is 13.8. The van der Waals surface area contributed by atoms with E-state index >= 15 is 0 Å². The van der Waals surface area contributed by atoms with E-state index in [1.165, 1.54) is 12.3 Å². The van der Waals surface area contributed by atoms with Crippen LogP contribution in [0.25, 0.3) is 0 Å². The molecule has 0 aliphatic heterocycles. The molecular formula is C14H13NO4. The number of carbonyl (C=O) groups excluding carboxylic acids is 1. The van der Waals surface area contributed by atoms with Gasteiger partial charge in [0.25, 0.3) is 0 Å². The van der Waals surface area contributed by atoms with Crippen molar-refractivity contribution in [3.63, 3.8) is 0 Å². The lowest BCUT2D eigenvalue weighted by molar-refractivity contribution is 0.0691. The van der Waals surface area contributed by atoms with Gasteiger partial charge in [-0.3, -0.25) is 4.79 Å². The van der Waals surface area contributed by atoms with Crippen molar-refractivity contribution in [3.8, 4) is 5.75 Å². The Balaban J connectivity index is 2.08. The van der Waals surface area contributed by atoms with Gasteiger partial charge in [-0.05, 0) is 23.8 Å². The second kappa shape index (κ2) is 5.39. The maximum Gasteiger partial charge on any atom is 0.352 e. The zero-order valence-electron chi connectivity index (χ0n) is 10.3. The minimum atomic E-state index is -1.08. The summed E-state index contributed by atoms with van der Waals surface area (Å²) in [5.41, 5.74) is 1.23. The summed E-state index contributed by atoms with van der Waals surface area (Å²) in [6.07, 6.45) is 1.64. The average Bonchev–Trinajstić information content (AvgIpc) is 2.89. The number of aromatic nitrogens is 1. The summed E-state index contributed by atoms with van der Waals surface area (Å²) in [6, 6.07) is 8.52. The molecule has 2 aromatic rings. The number of Topliss-reactive ketones (excluding diaryl/α,β-unsaturated/α-hetero) is 1. The van der Waals surface area contributed by atoms with Crippen LogP contribution in [0.5, 0.6) is 5.75 Å². The molecule has 0 atom stereocenters. The van der Waals surface area contributed by atoms with Gasteiger partial charge in [-0.2, -0.15) is 0 Å². The van der Waals surface area contributed by atoms with Gasteiger partial charge in [0.1, 0.15) is 11.4 Å². The van der Waals surface area contributed by atoms with E-state index in [0.717, 1.165) is 11.3 Å². The van der Waals surface area contributed by atoms with Crippen molar-refractivity contribution in [3.05, 3.63) is 53.3 Å². The fourth-order valence-electron chi connectivity index (χ4n) is 1.71. The van der Waals surface area contributed by atoms with Crippen LogP contribution in [0.1, 0.15) is 26.4 Å². The minimum Gasteiger partial charge on any atom is -0.497 e. The molecule has 0 aliphatic carbocycles. The lowest BCUT2D eigenvalue weighted by Crippen LogP contribution is -2.02. The van der Waals surface area contributed by atoms with Gasteiger partial charge in [0.15, 0.2) is 5.78 Å². The number of aromatic carboxylic acids is 1. The van der Waals surface area contributed by atoms with Crippen LogP contribution in [0.15, 0.2) is 36.5 Å². The summed E-state index contributed by atoms with van der Waals surface area (Å²) >= 11 is 0. The maximum absolute atomic E-state index is 12.0. The highest BCUT2D eigenvalue weighted by Gasteiger charge is 2.12. The Morgan fingerprint density at radius 3 is 2.47 bits per heavy atom. The van der Waals surface area contributed by atoms with Gasteiger partial charge in [0.2, 0.25) is 0 Å². The first-order valence-electron chi connectivity index (χ1n) is 5.68. The number of hydrogen-bond acceptors (Lipinski definition) is 3. The van der Waals surface area contributed by atoms with Gasteiger partial charge in [0.05, 0.1) is 7.11 Å². The molecule has 0 unspecified atom stereocenters. The molecule has 0 saturated heterocycles. The zero-order valence-corrected chi connectivity index (χ0v) is 10.3. The molecule has 0 saturated carbocycles. The van der Waals surface area contributed by atoms with E-state index in [9.17, 15) is 9.59 Å². The molecule has 2 rings (SSSR count). The van der Waals surface area contributed by atoms with Gasteiger partial charge in [-0.25, -0.2) is 4.79 Å². The molecule has 2 N–H and O–H groups in total. The third kappa shape index (κ3) is 3.01. The first-order chi connectivity index (χ1) is 9.10. The van der Waals surface area contributed by atoms with Crippen LogP contribution in [0, 0.1) is 0 Å². The molecule has 0 radical (unpaired) electrons. The maximum atomic E-state index is 12.0. The molecule has 0 fully saturated rings. The number of hydrogen-bond donors (Lipinski definition) is 2. The van der Waals surface area contributed by atoms with Crippen LogP contribution < -0.4 is 4.74 Å². The van der Waals surface area contributed by atoms with Crippen LogP contribution in [0.4, 0.5) is 0 Å². The number of carboxylic acids is 1. The molecule has 0 amide bonds. The van der Waals surface area contributed by atoms with E-state index in [1.54, 1.807) is 19.2 Å². The monoisotopic (exact) mass is 259 g/mol. The minimum absolute atomic E-state index is 0.0121. The quantitative estimate of drug-likeness (QED) is 0.806. The van der Waals surface area contributed by atoms with Gasteiger partial charge in [-0.1, -0.05) is 12.1 Å². The predicted octanol–water partition coefficient (Wildman–Crippen LogP) is 2.15. The molecule has 0 aliphatic rings. The molecule has 0 bridgehead atoms. The number of carbonyl (C=O) groups is 2. The summed E-state index contributed by atoms with van der Waals surface area (Å²) in [6.45, 7) is 0. The van der Waals surface area contributed by atoms with Gasteiger partial charge in [-0.15, -0.1) is 0 Å². The third-order valence-electron chi connectivity index (χ3n) is 2.76. The summed E-state index contributed by atoms with van der Waals surface area (Å²) in [4.78, 5) is 25.2. The van der Waals surface area contributed by atoms with Crippen LogP contribution in [0.3, 0.4) is 0 Å². The van der Waals surface area contributed by atoms with Gasteiger partial charge in [0, 0.05) is 18.2 Å². The van der Waals surface area contributed by atoms with E-state index in [4.69, 9.17) is 9.84 Å². The Hall–Kier alpha value is -2.56. The third-order valence-corrected chi connectivity index (χ3v) is 2.76. The number of methoxy groups -OCH3 is 1. The van der Waals surface area contributed by atoms with E-state index in [-0.39, 0.29) is 17.9 Å². The Morgan fingerprint density at radius 2 is 1.95 bits per heavy atom. The van der Waals surface area contributed by atoms with Crippen molar-refractivity contribution in [2.24, 2.45) is 0 Å². The van der Waals surface area contributed by atoms with Crippen molar-refractivity contribution in [2.45, 2.75) is 6.42 Å². The molecule has 19 heavy (non-hydrogen) atoms. The Bertz CT molecular complexity index is 598. The van der Waals surface area contributed by atoms with E-state index in [2.05, 4.69) is 4.98 Å². The number of carboxylic acid groups (broad SMARTS) is 1. The van der Waals surface area contributed by atoms with E-state index in [1.807, 2.05) is 12.1 Å². The second-order valence-corrected chi connectivity index (χ2v) is 4.06. The Labute approximate surface area is 109 Å². The lowest BCUT2D eigenvalue weighted by Gasteiger charge is -2.02. The van der Waals surface area contributed by atoms with Crippen LogP contribution >= 0.6 is 0 Å². The first kappa shape index (κ1) is 12.9. The molecule has 98 valence electrons. The Morgan fingerprint density at radius 1 is 1.26 bits per heavy atom. The van der Waals surface area contributed by atoms with Crippen molar-refractivity contribution in [1.29, 1.82) is 0 Å². The van der Waals surface area contributed by atoms with E-state index in [0.29, 0.717) is 5.56 Å². The molecule has 5 nitrogen and oxygen atoms in total. The van der Waals surface area contributed by atoms with Crippen molar-refractivity contribution in [1.82, 2.24) is 4.98 Å². The fraction of sp³-hybridized carbons (Fsp3) is 0.143. The number of benzene rings is 1. The van der Waals surface area contributed by atoms with Gasteiger partial charge < -0.3 is 14.8 Å². The highest BCUT2D eigenvalue weighted by Crippen LogP contribution is 2.14. The molecule has 0 spiro atoms. The van der Waals surface area contributed by atoms with Crippen molar-refractivity contribution < 1.29 is 19.4 Å². The molecule has 1 heterocycles. The average molecular weight is 259 g/mol. The van der Waals surface area contributed by atoms with Crippen molar-refractivity contribution >= 4 is 11.8 Å². The first-order valence-corrected chi connectivity index (χ1v) is 5.68. The summed E-state index contributed by atoms with van der Waals surface area (Å²) in [7, 11) is 1.58. The fourth-order valence-corrected chi connectivity index (χ4v) is 1.71. The lowest BCUT2D eigenvalue weighted by atomic mass is 10.1. The number of ketones is 1. The Kier molecular flexibility index (Phi) is 3.66. The molecule has 1 aromatic carbocycles. The van der Waals surface area contributed by atoms with E-state index < -0.39 is 5.97 Å². The number of aromatic amines is 1. The van der Waals surface area contributed by atoms with Crippen LogP contribution in [0.2, 0.25) is 0 Å². The van der Waals surface area contributed by atoms with Crippen LogP contribution in [-0.2, 0) is 6.42 Å². The summed E-state index contributed by atoms with van der Waals surface area (Å²) in [5, 5.41) is 8.77. The molecule has 5 heteroatoms. The largest absolute Gasteiger partial charge is 0.497 e. The van der Waals surface area contributed by atoms with Gasteiger partial charge >= 0.3 is 5.97 Å². The van der Waals surface area contributed by atoms with Crippen molar-refractivity contribution in [2.75, 3.05) is 7.11 Å². The summed E-state index contributed by atoms with van der Waals surface area (Å²) in [5.74, 6) is -0.483. The second-order valence-electron chi connectivity index (χ2n) is 4.06. The number of rotatable bonds is 5. The predicted molar refractivity (Wildman–Crippen MR) is 68.8 cm³/mol. The standard InChI is InChI=1S/C14H13NO4/c1-19-11-4-2-9(3-5-11)6-13(16)10-7-12(14(17)18)15-8-10/h2-5,7-8,15H,6H2,1H3,(H,17,18). The molecular weight excluding hydrogens is 246 g/mol. The normalized spacial score (nSPS) is 10.2. The van der Waals surface area contributed by atoms with Crippen LogP contribution in [-0.4, -0.2) is 29.0 Å². The number of ether oxygens (including phenoxy) is 1. The highest BCUT2D eigenvalue weighted by atomic mass is 16.5. The highest BCUT2D eigenvalue weighted by molar-refractivity contribution is 5.99. The number of nitrogens with one attached hydrogen (secondary N) is 1. The number of H-pyrrole nitrogens is 1. The SMILES string of the molecule is COc1ccc(CC(=O)c2c[nH]c(C(=O)O)c2)cc1. The topological polar surface area (TPSA) is 79.4 Å². The molecule has 1 aromatic heterocycles. The smallest absolute Gasteiger partial charge is 0.352 e. The summed E-state index contributed by atoms with van der Waals surface area (Å²) < 4.78 is 5.03.